The molecule has 3 aliphatic rings. The van der Waals surface area contributed by atoms with E-state index in [1.54, 1.807) is 0 Å². The third-order valence-corrected chi connectivity index (χ3v) is 8.23. The molecular formula is C28H16Br2F3NO2. The van der Waals surface area contributed by atoms with Gasteiger partial charge in [-0.15, -0.1) is 0 Å². The van der Waals surface area contributed by atoms with Crippen molar-refractivity contribution < 1.29 is 22.8 Å². The van der Waals surface area contributed by atoms with Gasteiger partial charge in [-0.05, 0) is 46.5 Å². The molecule has 1 saturated carbocycles. The van der Waals surface area contributed by atoms with Gasteiger partial charge in [-0.2, -0.15) is 0 Å². The number of carbonyl (C=O) groups is 2. The monoisotopic (exact) mass is 613 g/mol. The molecule has 1 aliphatic heterocycles. The lowest BCUT2D eigenvalue weighted by Crippen LogP contribution is -2.34. The molecule has 2 amide bonds. The van der Waals surface area contributed by atoms with Crippen LogP contribution in [0.3, 0.4) is 0 Å². The summed E-state index contributed by atoms with van der Waals surface area (Å²) < 4.78 is 44.4. The number of imide groups is 1. The number of fused-ring (bicyclic) bond motifs is 5. The van der Waals surface area contributed by atoms with Gasteiger partial charge in [0.25, 0.3) is 0 Å². The SMILES string of the molecule is O=C1[C@H]2[C@H](C(=O)N1c1c(F)cc(F)cc1F)[C@H]1C=C[C@H]2C1=C(c1ccc(Br)cc1)c1ccc(Br)cc1. The number of carbonyl (C=O) groups excluding carboxylic acids is 2. The summed E-state index contributed by atoms with van der Waals surface area (Å²) in [6, 6.07) is 16.6. The normalized spacial score (nSPS) is 24.1. The highest BCUT2D eigenvalue weighted by molar-refractivity contribution is 9.10. The molecule has 6 rings (SSSR count). The van der Waals surface area contributed by atoms with Crippen molar-refractivity contribution in [2.75, 3.05) is 4.90 Å². The third-order valence-electron chi connectivity index (χ3n) is 7.18. The number of hydrogen-bond donors (Lipinski definition) is 0. The number of halogens is 5. The second-order valence-corrected chi connectivity index (χ2v) is 10.9. The van der Waals surface area contributed by atoms with E-state index < -0.39 is 58.6 Å². The van der Waals surface area contributed by atoms with E-state index in [9.17, 15) is 22.8 Å². The van der Waals surface area contributed by atoms with Crippen molar-refractivity contribution in [2.24, 2.45) is 23.7 Å². The van der Waals surface area contributed by atoms with Crippen LogP contribution in [0.15, 0.2) is 87.3 Å². The number of amides is 2. The van der Waals surface area contributed by atoms with Crippen molar-refractivity contribution in [1.82, 2.24) is 0 Å². The Labute approximate surface area is 221 Å². The van der Waals surface area contributed by atoms with Crippen LogP contribution in [-0.4, -0.2) is 11.8 Å². The van der Waals surface area contributed by atoms with Crippen LogP contribution in [0.5, 0.6) is 0 Å². The van der Waals surface area contributed by atoms with E-state index in [1.807, 2.05) is 60.7 Å². The van der Waals surface area contributed by atoms with Crippen molar-refractivity contribution in [2.45, 2.75) is 0 Å². The highest BCUT2D eigenvalue weighted by atomic mass is 79.9. The molecule has 4 atom stereocenters. The van der Waals surface area contributed by atoms with E-state index >= 15 is 0 Å². The van der Waals surface area contributed by atoms with Crippen LogP contribution in [0.25, 0.3) is 5.57 Å². The van der Waals surface area contributed by atoms with Crippen molar-refractivity contribution in [1.29, 1.82) is 0 Å². The summed E-state index contributed by atoms with van der Waals surface area (Å²) in [7, 11) is 0. The van der Waals surface area contributed by atoms with Crippen LogP contribution in [0.4, 0.5) is 18.9 Å². The van der Waals surface area contributed by atoms with Gasteiger partial charge in [0.05, 0.1) is 11.8 Å². The number of allylic oxidation sites excluding steroid dienone is 3. The quantitative estimate of drug-likeness (QED) is 0.234. The molecule has 1 heterocycles. The Balaban J connectivity index is 1.49. The second kappa shape index (κ2) is 8.56. The fraction of sp³-hybridized carbons (Fsp3) is 0.143. The molecule has 0 N–H and O–H groups in total. The third kappa shape index (κ3) is 3.45. The van der Waals surface area contributed by atoms with Gasteiger partial charge in [0.1, 0.15) is 11.5 Å². The Hall–Kier alpha value is -2.97. The number of nitrogens with zero attached hydrogens (tertiary/aromatic N) is 1. The molecule has 1 saturated heterocycles. The first-order chi connectivity index (χ1) is 17.3. The van der Waals surface area contributed by atoms with E-state index in [0.717, 1.165) is 31.2 Å². The van der Waals surface area contributed by atoms with Crippen LogP contribution < -0.4 is 4.90 Å². The van der Waals surface area contributed by atoms with Gasteiger partial charge in [0.2, 0.25) is 11.8 Å². The zero-order valence-corrected chi connectivity index (χ0v) is 21.6. The summed E-state index contributed by atoms with van der Waals surface area (Å²) in [5, 5.41) is 0. The molecule has 0 aromatic heterocycles. The Morgan fingerprint density at radius 3 is 1.53 bits per heavy atom. The summed E-state index contributed by atoms with van der Waals surface area (Å²) in [5.74, 6) is -7.41. The molecular weight excluding hydrogens is 599 g/mol. The van der Waals surface area contributed by atoms with Crippen LogP contribution in [0.1, 0.15) is 11.1 Å². The minimum atomic E-state index is -1.28. The lowest BCUT2D eigenvalue weighted by Gasteiger charge is -2.22. The first kappa shape index (κ1) is 23.4. The number of anilines is 1. The minimum absolute atomic E-state index is 0.407. The molecule has 3 aromatic rings. The molecule has 36 heavy (non-hydrogen) atoms. The smallest absolute Gasteiger partial charge is 0.238 e. The van der Waals surface area contributed by atoms with E-state index in [1.165, 1.54) is 0 Å². The maximum absolute atomic E-state index is 14.5. The number of hydrogen-bond acceptors (Lipinski definition) is 2. The topological polar surface area (TPSA) is 37.4 Å². The number of rotatable bonds is 3. The first-order valence-electron chi connectivity index (χ1n) is 11.2. The highest BCUT2D eigenvalue weighted by Gasteiger charge is 2.63. The van der Waals surface area contributed by atoms with Gasteiger partial charge in [-0.25, -0.2) is 18.1 Å². The second-order valence-electron chi connectivity index (χ2n) is 9.06. The van der Waals surface area contributed by atoms with Gasteiger partial charge in [0, 0.05) is 32.9 Å². The predicted octanol–water partition coefficient (Wildman–Crippen LogP) is 7.05. The Morgan fingerprint density at radius 2 is 1.11 bits per heavy atom. The van der Waals surface area contributed by atoms with E-state index in [0.29, 0.717) is 17.0 Å². The molecule has 3 aromatic carbocycles. The summed E-state index contributed by atoms with van der Waals surface area (Å²) in [4.78, 5) is 27.6. The molecule has 2 aliphatic carbocycles. The van der Waals surface area contributed by atoms with Gasteiger partial charge in [-0.3, -0.25) is 9.59 Å². The van der Waals surface area contributed by atoms with Crippen LogP contribution >= 0.6 is 31.9 Å². The summed E-state index contributed by atoms with van der Waals surface area (Å²) in [6.07, 6.45) is 3.82. The Kier molecular flexibility index (Phi) is 5.57. The van der Waals surface area contributed by atoms with Gasteiger partial charge in [-0.1, -0.05) is 68.3 Å². The highest BCUT2D eigenvalue weighted by Crippen LogP contribution is 2.59. The van der Waals surface area contributed by atoms with E-state index in [2.05, 4.69) is 31.9 Å². The van der Waals surface area contributed by atoms with Gasteiger partial charge < -0.3 is 0 Å². The lowest BCUT2D eigenvalue weighted by molar-refractivity contribution is -0.123. The van der Waals surface area contributed by atoms with Crippen LogP contribution in [-0.2, 0) is 9.59 Å². The molecule has 8 heteroatoms. The van der Waals surface area contributed by atoms with Gasteiger partial charge in [0.15, 0.2) is 11.6 Å². The number of benzene rings is 3. The maximum Gasteiger partial charge on any atom is 0.238 e. The maximum atomic E-state index is 14.5. The molecule has 0 spiro atoms. The standard InChI is InChI=1S/C28H16Br2F3NO2/c29-15-5-1-13(2-6-15)22(14-3-7-16(30)8-4-14)23-18-9-10-19(23)25-24(18)27(35)34(28(25)36)26-20(32)11-17(31)12-21(26)33/h1-12,18-19,24-25H/t18-,19-,24+,25+/m0/s1. The fourth-order valence-electron chi connectivity index (χ4n) is 5.80. The van der Waals surface area contributed by atoms with Crippen molar-refractivity contribution in [3.05, 3.63) is 116 Å². The Bertz CT molecular complexity index is 1390. The average molecular weight is 615 g/mol. The molecule has 0 unspecified atom stereocenters. The molecule has 2 bridgehead atoms. The molecule has 3 nitrogen and oxygen atoms in total. The average Bonchev–Trinajstić information content (AvgIpc) is 3.46. The van der Waals surface area contributed by atoms with Crippen LogP contribution in [0.2, 0.25) is 0 Å². The predicted molar refractivity (Wildman–Crippen MR) is 136 cm³/mol. The van der Waals surface area contributed by atoms with Crippen molar-refractivity contribution >= 4 is 54.9 Å². The molecule has 180 valence electrons. The summed E-state index contributed by atoms with van der Waals surface area (Å²) in [5.41, 5.74) is 2.92. The summed E-state index contributed by atoms with van der Waals surface area (Å²) >= 11 is 6.93. The van der Waals surface area contributed by atoms with E-state index in [4.69, 9.17) is 0 Å². The van der Waals surface area contributed by atoms with Crippen LogP contribution in [0, 0.1) is 41.1 Å². The van der Waals surface area contributed by atoms with Crippen molar-refractivity contribution in [3.63, 3.8) is 0 Å². The largest absolute Gasteiger partial charge is 0.274 e. The van der Waals surface area contributed by atoms with Gasteiger partial charge >= 0.3 is 0 Å². The lowest BCUT2D eigenvalue weighted by atomic mass is 9.85. The fourth-order valence-corrected chi connectivity index (χ4v) is 6.33. The van der Waals surface area contributed by atoms with E-state index in [-0.39, 0.29) is 0 Å². The van der Waals surface area contributed by atoms with Crippen molar-refractivity contribution in [3.8, 4) is 0 Å². The first-order valence-corrected chi connectivity index (χ1v) is 12.8. The minimum Gasteiger partial charge on any atom is -0.274 e. The molecule has 0 radical (unpaired) electrons. The summed E-state index contributed by atoms with van der Waals surface area (Å²) in [6.45, 7) is 0. The zero-order valence-electron chi connectivity index (χ0n) is 18.4. The zero-order chi connectivity index (χ0) is 25.3. The molecule has 2 fully saturated rings. The Morgan fingerprint density at radius 1 is 0.694 bits per heavy atom.